The van der Waals surface area contributed by atoms with Crippen molar-refractivity contribution in [2.24, 2.45) is 0 Å². The van der Waals surface area contributed by atoms with Gasteiger partial charge in [0, 0.05) is 11.4 Å². The molecule has 1 aromatic heterocycles. The number of benzene rings is 1. The first-order valence-corrected chi connectivity index (χ1v) is 5.34. The van der Waals surface area contributed by atoms with Crippen molar-refractivity contribution < 1.29 is 0 Å². The molecule has 0 N–H and O–H groups in total. The van der Waals surface area contributed by atoms with Crippen molar-refractivity contribution in [2.45, 2.75) is 13.0 Å². The Kier molecular flexibility index (Phi) is 2.50. The van der Waals surface area contributed by atoms with Crippen molar-refractivity contribution in [3.05, 3.63) is 57.7 Å². The van der Waals surface area contributed by atoms with Gasteiger partial charge in [-0.2, -0.15) is 0 Å². The molecule has 1 atom stereocenters. The fourth-order valence-electron chi connectivity index (χ4n) is 1.43. The molecule has 1 aromatic carbocycles. The number of aromatic nitrogens is 1. The van der Waals surface area contributed by atoms with E-state index in [1.807, 2.05) is 42.6 Å². The summed E-state index contributed by atoms with van der Waals surface area (Å²) in [6.07, 6.45) is 0. The third kappa shape index (κ3) is 1.63. The Hall–Kier alpha value is -1.35. The minimum Gasteiger partial charge on any atom is -0.268 e. The second-order valence-corrected chi connectivity index (χ2v) is 4.04. The lowest BCUT2D eigenvalue weighted by molar-refractivity contribution is 0.675. The van der Waals surface area contributed by atoms with Gasteiger partial charge in [-0.3, -0.25) is 8.75 Å². The van der Waals surface area contributed by atoms with E-state index in [0.717, 1.165) is 5.56 Å². The van der Waals surface area contributed by atoms with Gasteiger partial charge in [0.2, 0.25) is 0 Å². The highest BCUT2D eigenvalue weighted by Crippen LogP contribution is 2.17. The summed E-state index contributed by atoms with van der Waals surface area (Å²) >= 11 is 1.46. The second-order valence-electron chi connectivity index (χ2n) is 3.16. The van der Waals surface area contributed by atoms with Crippen LogP contribution in [0.15, 0.2) is 46.6 Å². The summed E-state index contributed by atoms with van der Waals surface area (Å²) in [6.45, 7) is 2.03. The van der Waals surface area contributed by atoms with Crippen molar-refractivity contribution >= 4 is 11.5 Å². The average molecular weight is 205 g/mol. The lowest BCUT2D eigenvalue weighted by Gasteiger charge is -2.11. The first kappa shape index (κ1) is 9.21. The van der Waals surface area contributed by atoms with Gasteiger partial charge in [0.15, 0.2) is 0 Å². The third-order valence-electron chi connectivity index (χ3n) is 2.24. The van der Waals surface area contributed by atoms with E-state index in [4.69, 9.17) is 0 Å². The SMILES string of the molecule is C[C@@H](c1ccccc1)n1sccc1=O. The predicted octanol–water partition coefficient (Wildman–Crippen LogP) is 2.52. The molecule has 3 heteroatoms. The van der Waals surface area contributed by atoms with Crippen molar-refractivity contribution in [1.82, 2.24) is 3.96 Å². The third-order valence-corrected chi connectivity index (χ3v) is 3.22. The van der Waals surface area contributed by atoms with E-state index in [2.05, 4.69) is 0 Å². The van der Waals surface area contributed by atoms with E-state index in [-0.39, 0.29) is 11.6 Å². The Balaban J connectivity index is 2.39. The average Bonchev–Trinajstić information content (AvgIpc) is 2.65. The van der Waals surface area contributed by atoms with Gasteiger partial charge < -0.3 is 0 Å². The van der Waals surface area contributed by atoms with Crippen molar-refractivity contribution in [1.29, 1.82) is 0 Å². The van der Waals surface area contributed by atoms with Crippen LogP contribution in [-0.4, -0.2) is 3.96 Å². The van der Waals surface area contributed by atoms with Crippen LogP contribution in [-0.2, 0) is 0 Å². The molecular weight excluding hydrogens is 194 g/mol. The van der Waals surface area contributed by atoms with Crippen LogP contribution in [0.4, 0.5) is 0 Å². The molecule has 0 unspecified atom stereocenters. The number of rotatable bonds is 2. The first-order valence-electron chi connectivity index (χ1n) is 4.50. The largest absolute Gasteiger partial charge is 0.268 e. The Morgan fingerprint density at radius 2 is 1.93 bits per heavy atom. The number of hydrogen-bond donors (Lipinski definition) is 0. The standard InChI is InChI=1S/C11H11NOS/c1-9(10-5-3-2-4-6-10)12-11(13)7-8-14-12/h2-9H,1H3/t9-/m0/s1. The van der Waals surface area contributed by atoms with Crippen LogP contribution in [0.2, 0.25) is 0 Å². The molecule has 0 radical (unpaired) electrons. The van der Waals surface area contributed by atoms with Gasteiger partial charge in [-0.05, 0) is 12.5 Å². The van der Waals surface area contributed by atoms with Crippen LogP contribution in [0, 0.1) is 0 Å². The van der Waals surface area contributed by atoms with Gasteiger partial charge in [0.1, 0.15) is 0 Å². The molecule has 72 valence electrons. The van der Waals surface area contributed by atoms with Crippen LogP contribution in [0.5, 0.6) is 0 Å². The fraction of sp³-hybridized carbons (Fsp3) is 0.182. The van der Waals surface area contributed by atoms with E-state index < -0.39 is 0 Å². The molecule has 0 aliphatic heterocycles. The van der Waals surface area contributed by atoms with Gasteiger partial charge in [-0.15, -0.1) is 0 Å². The Morgan fingerprint density at radius 3 is 2.50 bits per heavy atom. The number of hydrogen-bond acceptors (Lipinski definition) is 2. The zero-order chi connectivity index (χ0) is 9.97. The Morgan fingerprint density at radius 1 is 1.21 bits per heavy atom. The monoisotopic (exact) mass is 205 g/mol. The van der Waals surface area contributed by atoms with Crippen LogP contribution < -0.4 is 5.56 Å². The molecule has 2 nitrogen and oxygen atoms in total. The van der Waals surface area contributed by atoms with Gasteiger partial charge in [0.25, 0.3) is 5.56 Å². The molecule has 1 heterocycles. The van der Waals surface area contributed by atoms with Crippen molar-refractivity contribution in [3.8, 4) is 0 Å². The van der Waals surface area contributed by atoms with Crippen LogP contribution in [0.25, 0.3) is 0 Å². The molecule has 0 fully saturated rings. The van der Waals surface area contributed by atoms with Crippen molar-refractivity contribution in [2.75, 3.05) is 0 Å². The number of nitrogens with zero attached hydrogens (tertiary/aromatic N) is 1. The molecule has 2 rings (SSSR count). The molecule has 0 aliphatic carbocycles. The molecule has 0 saturated heterocycles. The van der Waals surface area contributed by atoms with E-state index in [9.17, 15) is 4.79 Å². The highest BCUT2D eigenvalue weighted by atomic mass is 32.1. The summed E-state index contributed by atoms with van der Waals surface area (Å²) in [5.41, 5.74) is 1.24. The van der Waals surface area contributed by atoms with E-state index in [0.29, 0.717) is 0 Å². The fourth-order valence-corrected chi connectivity index (χ4v) is 2.21. The lowest BCUT2D eigenvalue weighted by atomic mass is 10.1. The van der Waals surface area contributed by atoms with Crippen LogP contribution in [0.1, 0.15) is 18.5 Å². The van der Waals surface area contributed by atoms with Gasteiger partial charge in [-0.1, -0.05) is 41.9 Å². The summed E-state index contributed by atoms with van der Waals surface area (Å²) in [5.74, 6) is 0. The highest BCUT2D eigenvalue weighted by molar-refractivity contribution is 7.04. The molecule has 0 amide bonds. The van der Waals surface area contributed by atoms with Crippen molar-refractivity contribution in [3.63, 3.8) is 0 Å². The minimum absolute atomic E-state index is 0.0753. The summed E-state index contributed by atoms with van der Waals surface area (Å²) in [4.78, 5) is 11.4. The first-order chi connectivity index (χ1) is 6.79. The van der Waals surface area contributed by atoms with Crippen LogP contribution in [0.3, 0.4) is 0 Å². The van der Waals surface area contributed by atoms with E-state index in [1.165, 1.54) is 11.5 Å². The topological polar surface area (TPSA) is 22.0 Å². The maximum absolute atomic E-state index is 11.4. The molecule has 0 spiro atoms. The summed E-state index contributed by atoms with van der Waals surface area (Å²) < 4.78 is 1.77. The normalized spacial score (nSPS) is 12.6. The molecular formula is C11H11NOS. The zero-order valence-electron chi connectivity index (χ0n) is 7.88. The molecule has 14 heavy (non-hydrogen) atoms. The molecule has 0 saturated carbocycles. The lowest BCUT2D eigenvalue weighted by Crippen LogP contribution is -2.16. The molecule has 0 aliphatic rings. The summed E-state index contributed by atoms with van der Waals surface area (Å²) in [6, 6.07) is 11.8. The second kappa shape index (κ2) is 3.80. The summed E-state index contributed by atoms with van der Waals surface area (Å²) in [7, 11) is 0. The maximum Gasteiger partial charge on any atom is 0.261 e. The van der Waals surface area contributed by atoms with Gasteiger partial charge >= 0.3 is 0 Å². The minimum atomic E-state index is 0.0753. The molecule has 0 bridgehead atoms. The quantitative estimate of drug-likeness (QED) is 0.738. The molecule has 2 aromatic rings. The Labute approximate surface area is 86.6 Å². The highest BCUT2D eigenvalue weighted by Gasteiger charge is 2.08. The van der Waals surface area contributed by atoms with Crippen LogP contribution >= 0.6 is 11.5 Å². The van der Waals surface area contributed by atoms with E-state index in [1.54, 1.807) is 10.0 Å². The van der Waals surface area contributed by atoms with Gasteiger partial charge in [-0.25, -0.2) is 0 Å². The van der Waals surface area contributed by atoms with Gasteiger partial charge in [0.05, 0.1) is 6.04 Å². The Bertz CT molecular complexity index is 457. The smallest absolute Gasteiger partial charge is 0.261 e. The maximum atomic E-state index is 11.4. The zero-order valence-corrected chi connectivity index (χ0v) is 8.70. The van der Waals surface area contributed by atoms with E-state index >= 15 is 0 Å². The summed E-state index contributed by atoms with van der Waals surface area (Å²) in [5, 5.41) is 1.82. The predicted molar refractivity (Wildman–Crippen MR) is 58.8 cm³/mol.